The summed E-state index contributed by atoms with van der Waals surface area (Å²) in [6.07, 6.45) is 0.107. The molecule has 42 heavy (non-hydrogen) atoms. The molecule has 3 heterocycles. The summed E-state index contributed by atoms with van der Waals surface area (Å²) in [6, 6.07) is 7.03. The van der Waals surface area contributed by atoms with Gasteiger partial charge < -0.3 is 30.0 Å². The van der Waals surface area contributed by atoms with Gasteiger partial charge in [0.25, 0.3) is 5.56 Å². The molecule has 6 rings (SSSR count). The Morgan fingerprint density at radius 2 is 1.88 bits per heavy atom. The van der Waals surface area contributed by atoms with Gasteiger partial charge in [-0.3, -0.25) is 19.4 Å². The molecule has 0 radical (unpaired) electrons. The number of ketones is 2. The predicted octanol–water partition coefficient (Wildman–Crippen LogP) is 4.06. The van der Waals surface area contributed by atoms with E-state index in [1.54, 1.807) is 13.0 Å². The fourth-order valence-electron chi connectivity index (χ4n) is 5.97. The Hall–Kier alpha value is -4.65. The summed E-state index contributed by atoms with van der Waals surface area (Å²) in [4.78, 5) is 48.8. The second-order valence-corrected chi connectivity index (χ2v) is 10.4. The lowest BCUT2D eigenvalue weighted by Crippen LogP contribution is -2.58. The standard InChI is InChI=1S/C28H23ClF2N4O7/c1-10-7-13-17(22(36)28(10)23(37)18-14(39-2)9-15(40-3)20(29)21(18)42-28)16(11-5-4-6-12(8-11)41-26(30)31)19-24(33-13)34-27(32)35-25(19)38/h4-6,8-10,16,26H,7H2,1-3H3,(H4,32,33,34,35,38). The van der Waals surface area contributed by atoms with Crippen LogP contribution < -0.4 is 35.6 Å². The number of carbonyl (C=O) groups is 2. The Balaban J connectivity index is 1.57. The molecule has 3 aliphatic rings. The lowest BCUT2D eigenvalue weighted by Gasteiger charge is -2.42. The zero-order valence-electron chi connectivity index (χ0n) is 22.3. The first kappa shape index (κ1) is 27.5. The van der Waals surface area contributed by atoms with Gasteiger partial charge in [-0.1, -0.05) is 30.7 Å². The molecule has 0 bridgehead atoms. The number of hydrogen-bond acceptors (Lipinski definition) is 10. The van der Waals surface area contributed by atoms with Crippen LogP contribution in [-0.4, -0.2) is 48.0 Å². The van der Waals surface area contributed by atoms with Crippen LogP contribution in [0.15, 0.2) is 46.4 Å². The Labute approximate surface area is 241 Å². The summed E-state index contributed by atoms with van der Waals surface area (Å²) in [5.74, 6) is -3.38. The summed E-state index contributed by atoms with van der Waals surface area (Å²) in [5.41, 5.74) is 3.69. The molecule has 3 aromatic rings. The van der Waals surface area contributed by atoms with E-state index >= 15 is 0 Å². The molecule has 4 N–H and O–H groups in total. The van der Waals surface area contributed by atoms with Crippen LogP contribution in [-0.2, 0) is 4.79 Å². The number of hydrogen-bond donors (Lipinski definition) is 3. The highest BCUT2D eigenvalue weighted by Gasteiger charge is 2.63. The highest BCUT2D eigenvalue weighted by Crippen LogP contribution is 2.56. The van der Waals surface area contributed by atoms with Crippen LogP contribution in [0.5, 0.6) is 23.0 Å². The number of benzene rings is 2. The first-order valence-electron chi connectivity index (χ1n) is 12.7. The van der Waals surface area contributed by atoms with Crippen LogP contribution in [0, 0.1) is 5.92 Å². The van der Waals surface area contributed by atoms with Crippen molar-refractivity contribution in [2.24, 2.45) is 5.92 Å². The van der Waals surface area contributed by atoms with Gasteiger partial charge in [-0.25, -0.2) is 0 Å². The lowest BCUT2D eigenvalue weighted by molar-refractivity contribution is -0.130. The topological polar surface area (TPSA) is 155 Å². The average Bonchev–Trinajstić information content (AvgIpc) is 3.25. The zero-order chi connectivity index (χ0) is 30.1. The fourth-order valence-corrected chi connectivity index (χ4v) is 6.24. The highest BCUT2D eigenvalue weighted by atomic mass is 35.5. The first-order chi connectivity index (χ1) is 20.0. The van der Waals surface area contributed by atoms with Gasteiger partial charge >= 0.3 is 6.61 Å². The van der Waals surface area contributed by atoms with E-state index in [2.05, 4.69) is 20.0 Å². The molecule has 1 spiro atoms. The minimum atomic E-state index is -3.11. The number of ether oxygens (including phenoxy) is 4. The molecule has 0 amide bonds. The van der Waals surface area contributed by atoms with Gasteiger partial charge in [0.2, 0.25) is 23.1 Å². The van der Waals surface area contributed by atoms with Crippen LogP contribution >= 0.6 is 11.6 Å². The Kier molecular flexibility index (Phi) is 6.37. The van der Waals surface area contributed by atoms with Crippen molar-refractivity contribution in [3.63, 3.8) is 0 Å². The highest BCUT2D eigenvalue weighted by molar-refractivity contribution is 6.36. The number of anilines is 2. The van der Waals surface area contributed by atoms with Crippen molar-refractivity contribution in [3.8, 4) is 23.0 Å². The van der Waals surface area contributed by atoms with Crippen molar-refractivity contribution in [2.75, 3.05) is 25.3 Å². The molecule has 1 aromatic heterocycles. The maximum Gasteiger partial charge on any atom is 0.387 e. The van der Waals surface area contributed by atoms with Crippen LogP contribution in [0.2, 0.25) is 5.02 Å². The van der Waals surface area contributed by atoms with Gasteiger partial charge in [0.15, 0.2) is 5.75 Å². The maximum absolute atomic E-state index is 14.7. The smallest absolute Gasteiger partial charge is 0.387 e. The van der Waals surface area contributed by atoms with E-state index in [1.165, 1.54) is 38.5 Å². The van der Waals surface area contributed by atoms with E-state index in [-0.39, 0.29) is 68.5 Å². The summed E-state index contributed by atoms with van der Waals surface area (Å²) in [6.45, 7) is -1.44. The third kappa shape index (κ3) is 3.83. The van der Waals surface area contributed by atoms with Crippen molar-refractivity contribution in [2.45, 2.75) is 31.5 Å². The number of H-pyrrole nitrogens is 1. The van der Waals surface area contributed by atoms with E-state index in [9.17, 15) is 23.2 Å². The number of carbonyl (C=O) groups excluding carboxylic acids is 2. The number of nitrogen functional groups attached to an aromatic ring is 1. The van der Waals surface area contributed by atoms with E-state index in [4.69, 9.17) is 31.5 Å². The molecule has 218 valence electrons. The third-order valence-corrected chi connectivity index (χ3v) is 8.12. The fraction of sp³-hybridized carbons (Fsp3) is 0.286. The van der Waals surface area contributed by atoms with Crippen molar-refractivity contribution in [1.29, 1.82) is 0 Å². The van der Waals surface area contributed by atoms with Gasteiger partial charge in [0.1, 0.15) is 33.7 Å². The monoisotopic (exact) mass is 600 g/mol. The molecule has 1 aliphatic carbocycles. The number of nitrogens with two attached hydrogens (primary N) is 1. The van der Waals surface area contributed by atoms with E-state index in [0.717, 1.165) is 0 Å². The summed E-state index contributed by atoms with van der Waals surface area (Å²) in [7, 11) is 2.73. The van der Waals surface area contributed by atoms with Gasteiger partial charge in [-0.15, -0.1) is 0 Å². The molecule has 2 aliphatic heterocycles. The number of rotatable bonds is 5. The molecular formula is C28H23ClF2N4O7. The normalized spacial score (nSPS) is 22.4. The van der Waals surface area contributed by atoms with Crippen molar-refractivity contribution in [1.82, 2.24) is 9.97 Å². The Morgan fingerprint density at radius 3 is 2.57 bits per heavy atom. The van der Waals surface area contributed by atoms with Gasteiger partial charge in [0, 0.05) is 29.2 Å². The lowest BCUT2D eigenvalue weighted by atomic mass is 9.66. The molecule has 3 unspecified atom stereocenters. The van der Waals surface area contributed by atoms with Crippen molar-refractivity contribution >= 4 is 34.9 Å². The minimum Gasteiger partial charge on any atom is -0.496 e. The Bertz CT molecular complexity index is 1780. The van der Waals surface area contributed by atoms with Gasteiger partial charge in [0.05, 0.1) is 19.8 Å². The first-order valence-corrected chi connectivity index (χ1v) is 13.1. The van der Waals surface area contributed by atoms with Crippen LogP contribution in [0.25, 0.3) is 0 Å². The Morgan fingerprint density at radius 1 is 1.14 bits per heavy atom. The molecule has 3 atom stereocenters. The second kappa shape index (κ2) is 9.72. The number of fused-ring (bicyclic) bond motifs is 2. The maximum atomic E-state index is 14.7. The number of nitrogens with one attached hydrogen (secondary N) is 2. The molecule has 0 fully saturated rings. The minimum absolute atomic E-state index is 0.00422. The largest absolute Gasteiger partial charge is 0.496 e. The number of aromatic nitrogens is 2. The number of nitrogens with zero attached hydrogens (tertiary/aromatic N) is 1. The molecule has 14 heteroatoms. The average molecular weight is 601 g/mol. The SMILES string of the molecule is COc1cc(OC)c2c(c1Cl)OC1(C(=O)C3=C(CC1C)Nc1nc(N)[nH]c(=O)c1C3c1cccc(OC(F)F)c1)C2=O. The van der Waals surface area contributed by atoms with Crippen molar-refractivity contribution < 1.29 is 37.3 Å². The summed E-state index contributed by atoms with van der Waals surface area (Å²) >= 11 is 6.54. The van der Waals surface area contributed by atoms with Crippen LogP contribution in [0.3, 0.4) is 0 Å². The van der Waals surface area contributed by atoms with Crippen LogP contribution in [0.1, 0.15) is 40.7 Å². The van der Waals surface area contributed by atoms with E-state index in [0.29, 0.717) is 5.70 Å². The third-order valence-electron chi connectivity index (χ3n) is 7.77. The van der Waals surface area contributed by atoms with Gasteiger partial charge in [-0.05, 0) is 24.1 Å². The molecular weight excluding hydrogens is 578 g/mol. The zero-order valence-corrected chi connectivity index (χ0v) is 23.1. The number of alkyl halides is 2. The van der Waals surface area contributed by atoms with E-state index in [1.807, 2.05) is 0 Å². The number of Topliss-reactive ketones (excluding diaryl/α,β-unsaturated/α-hetero) is 2. The quantitative estimate of drug-likeness (QED) is 0.365. The number of aromatic amines is 1. The molecule has 2 aromatic carbocycles. The van der Waals surface area contributed by atoms with Gasteiger partial charge in [-0.2, -0.15) is 13.8 Å². The summed E-state index contributed by atoms with van der Waals surface area (Å²) in [5, 5.41) is 3.02. The van der Waals surface area contributed by atoms with Crippen LogP contribution in [0.4, 0.5) is 20.5 Å². The van der Waals surface area contributed by atoms with Crippen molar-refractivity contribution in [3.05, 3.63) is 73.7 Å². The number of methoxy groups -OCH3 is 2. The number of halogens is 3. The second-order valence-electron chi connectivity index (χ2n) is 10.0. The number of allylic oxidation sites excluding steroid dienone is 1. The van der Waals surface area contributed by atoms with E-state index < -0.39 is 41.2 Å². The molecule has 0 saturated heterocycles. The predicted molar refractivity (Wildman–Crippen MR) is 146 cm³/mol. The summed E-state index contributed by atoms with van der Waals surface area (Å²) < 4.78 is 47.7. The molecule has 11 nitrogen and oxygen atoms in total. The molecule has 0 saturated carbocycles.